The molecule has 0 radical (unpaired) electrons. The third-order valence-electron chi connectivity index (χ3n) is 3.78. The number of aliphatic imine (C=N–C) groups is 2. The van der Waals surface area contributed by atoms with E-state index in [1.807, 2.05) is 59.7 Å². The number of ether oxygens (including phenoxy) is 2. The zero-order chi connectivity index (χ0) is 16.3. The summed E-state index contributed by atoms with van der Waals surface area (Å²) in [6.45, 7) is 12.1. The Bertz CT molecular complexity index is 536. The van der Waals surface area contributed by atoms with Gasteiger partial charge < -0.3 is 9.47 Å². The van der Waals surface area contributed by atoms with E-state index >= 15 is 0 Å². The van der Waals surface area contributed by atoms with Crippen LogP contribution in [0.5, 0.6) is 0 Å². The van der Waals surface area contributed by atoms with Crippen molar-refractivity contribution in [2.75, 3.05) is 0 Å². The van der Waals surface area contributed by atoms with Crippen molar-refractivity contribution in [1.29, 1.82) is 0 Å². The lowest BCUT2D eigenvalue weighted by molar-refractivity contribution is 0.217. The highest BCUT2D eigenvalue weighted by molar-refractivity contribution is 5.97. The normalized spacial score (nSPS) is 29.7. The highest BCUT2D eigenvalue weighted by atomic mass is 16.5. The number of nitrogens with zero attached hydrogens (tertiary/aromatic N) is 3. The molecule has 4 unspecified atom stereocenters. The predicted molar refractivity (Wildman–Crippen MR) is 88.7 cm³/mol. The Morgan fingerprint density at radius 3 is 1.50 bits per heavy atom. The van der Waals surface area contributed by atoms with Gasteiger partial charge in [-0.25, -0.2) is 15.0 Å². The molecule has 0 spiro atoms. The summed E-state index contributed by atoms with van der Waals surface area (Å²) in [4.78, 5) is 13.5. The first-order chi connectivity index (χ1) is 10.5. The number of rotatable bonds is 2. The van der Waals surface area contributed by atoms with E-state index in [9.17, 15) is 0 Å². The number of pyridine rings is 1. The molecule has 0 amide bonds. The Morgan fingerprint density at radius 2 is 1.18 bits per heavy atom. The van der Waals surface area contributed by atoms with Crippen LogP contribution in [0.25, 0.3) is 0 Å². The fraction of sp³-hybridized carbons (Fsp3) is 0.588. The van der Waals surface area contributed by atoms with Crippen LogP contribution in [0.2, 0.25) is 0 Å². The minimum Gasteiger partial charge on any atom is -0.471 e. The Kier molecular flexibility index (Phi) is 5.16. The molecule has 22 heavy (non-hydrogen) atoms. The molecule has 3 heterocycles. The lowest BCUT2D eigenvalue weighted by atomic mass is 10.2. The number of aromatic nitrogens is 1. The van der Waals surface area contributed by atoms with E-state index in [0.29, 0.717) is 11.8 Å². The first kappa shape index (κ1) is 16.5. The molecule has 5 heteroatoms. The zero-order valence-corrected chi connectivity index (χ0v) is 14.2. The van der Waals surface area contributed by atoms with Gasteiger partial charge in [0.2, 0.25) is 11.8 Å². The van der Waals surface area contributed by atoms with Crippen LogP contribution in [0.3, 0.4) is 0 Å². The minimum absolute atomic E-state index is 0.0931. The van der Waals surface area contributed by atoms with Crippen LogP contribution >= 0.6 is 0 Å². The van der Waals surface area contributed by atoms with Gasteiger partial charge in [0.15, 0.2) is 0 Å². The molecule has 0 saturated heterocycles. The molecule has 1 aromatic rings. The van der Waals surface area contributed by atoms with Crippen LogP contribution in [-0.4, -0.2) is 41.1 Å². The Morgan fingerprint density at radius 1 is 0.773 bits per heavy atom. The van der Waals surface area contributed by atoms with E-state index in [1.165, 1.54) is 0 Å². The highest BCUT2D eigenvalue weighted by Crippen LogP contribution is 2.19. The fourth-order valence-electron chi connectivity index (χ4n) is 2.12. The van der Waals surface area contributed by atoms with Gasteiger partial charge in [-0.05, 0) is 39.8 Å². The van der Waals surface area contributed by atoms with Crippen LogP contribution in [0.15, 0.2) is 28.2 Å². The van der Waals surface area contributed by atoms with Gasteiger partial charge in [-0.1, -0.05) is 19.9 Å². The fourth-order valence-corrected chi connectivity index (χ4v) is 2.12. The lowest BCUT2D eigenvalue weighted by Crippen LogP contribution is -2.17. The molecular weight excluding hydrogens is 278 g/mol. The Balaban J connectivity index is 0.000000847. The van der Waals surface area contributed by atoms with Crippen molar-refractivity contribution in [1.82, 2.24) is 4.98 Å². The Hall–Kier alpha value is -1.91. The van der Waals surface area contributed by atoms with E-state index in [1.54, 1.807) is 0 Å². The van der Waals surface area contributed by atoms with Crippen molar-refractivity contribution in [2.24, 2.45) is 9.98 Å². The largest absolute Gasteiger partial charge is 0.471 e. The van der Waals surface area contributed by atoms with E-state index in [0.717, 1.165) is 11.4 Å². The molecule has 0 aliphatic carbocycles. The SMILES string of the molecule is CC.CC1N=C(c2cccc(C3=NC(C)C(C)O3)n2)OC1C. The molecular formula is C17H25N3O2. The van der Waals surface area contributed by atoms with Crippen molar-refractivity contribution in [3.05, 3.63) is 29.6 Å². The van der Waals surface area contributed by atoms with Crippen LogP contribution < -0.4 is 0 Å². The first-order valence-electron chi connectivity index (χ1n) is 8.01. The van der Waals surface area contributed by atoms with Gasteiger partial charge in [0.1, 0.15) is 23.6 Å². The van der Waals surface area contributed by atoms with Crippen molar-refractivity contribution in [2.45, 2.75) is 65.8 Å². The molecule has 2 aliphatic rings. The minimum atomic E-state index is 0.0931. The summed E-state index contributed by atoms with van der Waals surface area (Å²) < 4.78 is 11.5. The Labute approximate surface area is 132 Å². The predicted octanol–water partition coefficient (Wildman–Crippen LogP) is 3.22. The molecule has 2 aliphatic heterocycles. The van der Waals surface area contributed by atoms with Gasteiger partial charge in [0, 0.05) is 0 Å². The number of hydrogen-bond acceptors (Lipinski definition) is 5. The van der Waals surface area contributed by atoms with Crippen LogP contribution in [-0.2, 0) is 9.47 Å². The molecule has 4 atom stereocenters. The van der Waals surface area contributed by atoms with Crippen molar-refractivity contribution >= 4 is 11.8 Å². The molecule has 0 N–H and O–H groups in total. The van der Waals surface area contributed by atoms with Gasteiger partial charge in [0.25, 0.3) is 0 Å². The average Bonchev–Trinajstić information content (AvgIpc) is 3.05. The van der Waals surface area contributed by atoms with Gasteiger partial charge in [0.05, 0.1) is 12.1 Å². The summed E-state index contributed by atoms with van der Waals surface area (Å²) in [5, 5.41) is 0. The summed E-state index contributed by atoms with van der Waals surface area (Å²) >= 11 is 0. The maximum Gasteiger partial charge on any atom is 0.236 e. The van der Waals surface area contributed by atoms with Gasteiger partial charge in [-0.2, -0.15) is 0 Å². The molecule has 120 valence electrons. The zero-order valence-electron chi connectivity index (χ0n) is 14.2. The second kappa shape index (κ2) is 6.90. The van der Waals surface area contributed by atoms with Crippen LogP contribution in [0, 0.1) is 0 Å². The summed E-state index contributed by atoms with van der Waals surface area (Å²) in [7, 11) is 0. The molecule has 3 rings (SSSR count). The van der Waals surface area contributed by atoms with E-state index in [4.69, 9.17) is 9.47 Å². The maximum absolute atomic E-state index is 5.73. The van der Waals surface area contributed by atoms with Gasteiger partial charge >= 0.3 is 0 Å². The van der Waals surface area contributed by atoms with Crippen LogP contribution in [0.1, 0.15) is 52.9 Å². The van der Waals surface area contributed by atoms with E-state index < -0.39 is 0 Å². The van der Waals surface area contributed by atoms with Crippen molar-refractivity contribution < 1.29 is 9.47 Å². The topological polar surface area (TPSA) is 56.1 Å². The summed E-state index contributed by atoms with van der Waals surface area (Å²) in [6.07, 6.45) is 0.186. The van der Waals surface area contributed by atoms with Crippen LogP contribution in [0.4, 0.5) is 0 Å². The molecule has 5 nitrogen and oxygen atoms in total. The van der Waals surface area contributed by atoms with E-state index in [-0.39, 0.29) is 24.3 Å². The molecule has 0 bridgehead atoms. The summed E-state index contributed by atoms with van der Waals surface area (Å²) in [5.74, 6) is 1.21. The summed E-state index contributed by atoms with van der Waals surface area (Å²) in [6, 6.07) is 6.05. The van der Waals surface area contributed by atoms with Gasteiger partial charge in [-0.15, -0.1) is 0 Å². The first-order valence-corrected chi connectivity index (χ1v) is 8.01. The quantitative estimate of drug-likeness (QED) is 0.843. The maximum atomic E-state index is 5.73. The van der Waals surface area contributed by atoms with Gasteiger partial charge in [-0.3, -0.25) is 0 Å². The third-order valence-corrected chi connectivity index (χ3v) is 3.78. The summed E-state index contributed by atoms with van der Waals surface area (Å²) in [5.41, 5.74) is 1.47. The second-order valence-electron chi connectivity index (χ2n) is 5.40. The molecule has 1 aromatic heterocycles. The van der Waals surface area contributed by atoms with Crippen molar-refractivity contribution in [3.8, 4) is 0 Å². The molecule has 0 saturated carbocycles. The smallest absolute Gasteiger partial charge is 0.236 e. The highest BCUT2D eigenvalue weighted by Gasteiger charge is 2.27. The molecule has 0 fully saturated rings. The standard InChI is InChI=1S/C15H19N3O2.C2H6/c1-8-10(3)19-14(16-8)12-6-5-7-13(18-12)15-17-9(2)11(4)20-15;1-2/h5-11H,1-4H3;1-2H3. The monoisotopic (exact) mass is 303 g/mol. The second-order valence-corrected chi connectivity index (χ2v) is 5.40. The lowest BCUT2D eigenvalue weighted by Gasteiger charge is -2.09. The number of hydrogen-bond donors (Lipinski definition) is 0. The van der Waals surface area contributed by atoms with Crippen molar-refractivity contribution in [3.63, 3.8) is 0 Å². The van der Waals surface area contributed by atoms with E-state index in [2.05, 4.69) is 15.0 Å². The molecule has 0 aromatic carbocycles. The third kappa shape index (κ3) is 3.29. The average molecular weight is 303 g/mol.